The van der Waals surface area contributed by atoms with Crippen molar-refractivity contribution in [2.24, 2.45) is 5.73 Å². The van der Waals surface area contributed by atoms with Crippen molar-refractivity contribution in [3.8, 4) is 5.75 Å². The third-order valence-electron chi connectivity index (χ3n) is 4.46. The Bertz CT molecular complexity index is 771. The molecule has 2 amide bonds. The molecule has 25 heavy (non-hydrogen) atoms. The zero-order valence-electron chi connectivity index (χ0n) is 14.2. The molecule has 1 fully saturated rings. The Morgan fingerprint density at radius 1 is 1.40 bits per heavy atom. The molecule has 1 saturated heterocycles. The summed E-state index contributed by atoms with van der Waals surface area (Å²) in [4.78, 5) is 30.3. The van der Waals surface area contributed by atoms with E-state index in [1.54, 1.807) is 36.2 Å². The van der Waals surface area contributed by atoms with Gasteiger partial charge >= 0.3 is 0 Å². The van der Waals surface area contributed by atoms with Crippen molar-refractivity contribution in [2.75, 3.05) is 20.2 Å². The summed E-state index contributed by atoms with van der Waals surface area (Å²) in [7, 11) is 1.58. The Labute approximate surface area is 146 Å². The molecule has 7 nitrogen and oxygen atoms in total. The molecule has 0 saturated carbocycles. The van der Waals surface area contributed by atoms with E-state index in [1.165, 1.54) is 0 Å². The van der Waals surface area contributed by atoms with Crippen LogP contribution < -0.4 is 10.5 Å². The number of piperidine rings is 1. The number of carbonyl (C=O) groups excluding carboxylic acids is 2. The van der Waals surface area contributed by atoms with Crippen molar-refractivity contribution in [3.05, 3.63) is 48.0 Å². The number of aromatic nitrogens is 2. The average Bonchev–Trinajstić information content (AvgIpc) is 3.08. The van der Waals surface area contributed by atoms with E-state index in [0.29, 0.717) is 24.4 Å². The summed E-state index contributed by atoms with van der Waals surface area (Å²) < 4.78 is 6.97. The second-order valence-electron chi connectivity index (χ2n) is 6.20. The summed E-state index contributed by atoms with van der Waals surface area (Å²) in [6, 6.07) is 7.17. The number of imidazole rings is 1. The van der Waals surface area contributed by atoms with E-state index in [4.69, 9.17) is 10.5 Å². The average molecular weight is 342 g/mol. The van der Waals surface area contributed by atoms with Crippen molar-refractivity contribution < 1.29 is 14.3 Å². The van der Waals surface area contributed by atoms with Crippen LogP contribution in [-0.2, 0) is 11.3 Å². The van der Waals surface area contributed by atoms with Gasteiger partial charge in [-0.25, -0.2) is 4.98 Å². The predicted molar refractivity (Wildman–Crippen MR) is 92.3 cm³/mol. The molecule has 1 aliphatic heterocycles. The number of hydrogen-bond acceptors (Lipinski definition) is 4. The highest BCUT2D eigenvalue weighted by Crippen LogP contribution is 2.27. The van der Waals surface area contributed by atoms with Crippen LogP contribution in [0, 0.1) is 0 Å². The van der Waals surface area contributed by atoms with Crippen molar-refractivity contribution in [2.45, 2.75) is 25.3 Å². The molecule has 2 N–H and O–H groups in total. The summed E-state index contributed by atoms with van der Waals surface area (Å²) in [5, 5.41) is 0. The van der Waals surface area contributed by atoms with E-state index in [9.17, 15) is 9.59 Å². The van der Waals surface area contributed by atoms with Gasteiger partial charge < -0.3 is 19.9 Å². The maximum atomic E-state index is 12.8. The van der Waals surface area contributed by atoms with E-state index in [0.717, 1.165) is 18.7 Å². The molecule has 1 atom stereocenters. The van der Waals surface area contributed by atoms with E-state index in [-0.39, 0.29) is 18.4 Å². The van der Waals surface area contributed by atoms with Gasteiger partial charge in [0.25, 0.3) is 5.91 Å². The molecule has 1 aliphatic rings. The molecule has 2 heterocycles. The van der Waals surface area contributed by atoms with Crippen molar-refractivity contribution in [1.29, 1.82) is 0 Å². The lowest BCUT2D eigenvalue weighted by Gasteiger charge is -2.32. The molecular weight excluding hydrogens is 320 g/mol. The lowest BCUT2D eigenvalue weighted by molar-refractivity contribution is -0.118. The molecule has 0 spiro atoms. The first-order valence-electron chi connectivity index (χ1n) is 8.31. The van der Waals surface area contributed by atoms with Gasteiger partial charge in [-0.15, -0.1) is 0 Å². The van der Waals surface area contributed by atoms with Crippen LogP contribution in [0.2, 0.25) is 0 Å². The summed E-state index contributed by atoms with van der Waals surface area (Å²) in [5.74, 6) is 1.15. The summed E-state index contributed by atoms with van der Waals surface area (Å²) in [5.41, 5.74) is 5.91. The second-order valence-corrected chi connectivity index (χ2v) is 6.20. The fourth-order valence-electron chi connectivity index (χ4n) is 3.29. The Morgan fingerprint density at radius 3 is 3.00 bits per heavy atom. The highest BCUT2D eigenvalue weighted by molar-refractivity contribution is 5.94. The standard InChI is InChI=1S/C18H22N4O3/c1-25-15-6-2-4-13(10-15)18(24)22-8-3-5-14(11-22)17-20-7-9-21(17)12-16(19)23/h2,4,6-7,9-10,14H,3,5,8,11-12H2,1H3,(H2,19,23). The smallest absolute Gasteiger partial charge is 0.254 e. The first kappa shape index (κ1) is 17.0. The fraction of sp³-hybridized carbons (Fsp3) is 0.389. The van der Waals surface area contributed by atoms with Crippen molar-refractivity contribution in [1.82, 2.24) is 14.5 Å². The van der Waals surface area contributed by atoms with Crippen LogP contribution in [0.1, 0.15) is 34.9 Å². The topological polar surface area (TPSA) is 90.4 Å². The molecule has 7 heteroatoms. The van der Waals surface area contributed by atoms with Gasteiger partial charge in [-0.05, 0) is 31.0 Å². The van der Waals surface area contributed by atoms with Crippen LogP contribution in [0.25, 0.3) is 0 Å². The largest absolute Gasteiger partial charge is 0.497 e. The van der Waals surface area contributed by atoms with E-state index < -0.39 is 5.91 Å². The highest BCUT2D eigenvalue weighted by atomic mass is 16.5. The Kier molecular flexibility index (Phi) is 5.02. The maximum Gasteiger partial charge on any atom is 0.254 e. The van der Waals surface area contributed by atoms with Gasteiger partial charge in [0.1, 0.15) is 18.1 Å². The van der Waals surface area contributed by atoms with Gasteiger partial charge in [0.2, 0.25) is 5.91 Å². The van der Waals surface area contributed by atoms with Gasteiger partial charge in [-0.3, -0.25) is 9.59 Å². The minimum Gasteiger partial charge on any atom is -0.497 e. The van der Waals surface area contributed by atoms with Gasteiger partial charge in [0.15, 0.2) is 0 Å². The van der Waals surface area contributed by atoms with Crippen LogP contribution in [0.5, 0.6) is 5.75 Å². The number of hydrogen-bond donors (Lipinski definition) is 1. The lowest BCUT2D eigenvalue weighted by atomic mass is 9.96. The molecular formula is C18H22N4O3. The number of ether oxygens (including phenoxy) is 1. The fourth-order valence-corrected chi connectivity index (χ4v) is 3.29. The number of rotatable bonds is 5. The molecule has 1 aromatic carbocycles. The number of carbonyl (C=O) groups is 2. The number of likely N-dealkylation sites (tertiary alicyclic amines) is 1. The zero-order valence-corrected chi connectivity index (χ0v) is 14.2. The zero-order chi connectivity index (χ0) is 17.8. The van der Waals surface area contributed by atoms with Crippen LogP contribution in [-0.4, -0.2) is 46.5 Å². The van der Waals surface area contributed by atoms with Gasteiger partial charge in [-0.2, -0.15) is 0 Å². The van der Waals surface area contributed by atoms with Crippen molar-refractivity contribution in [3.63, 3.8) is 0 Å². The molecule has 0 radical (unpaired) electrons. The first-order chi connectivity index (χ1) is 12.1. The number of methoxy groups -OCH3 is 1. The predicted octanol–water partition coefficient (Wildman–Crippen LogP) is 1.40. The molecule has 1 aromatic heterocycles. The van der Waals surface area contributed by atoms with Crippen LogP contribution >= 0.6 is 0 Å². The van der Waals surface area contributed by atoms with Crippen molar-refractivity contribution >= 4 is 11.8 Å². The minimum absolute atomic E-state index is 0.0170. The lowest BCUT2D eigenvalue weighted by Crippen LogP contribution is -2.40. The molecule has 3 rings (SSSR count). The molecule has 0 bridgehead atoms. The quantitative estimate of drug-likeness (QED) is 0.889. The third kappa shape index (κ3) is 3.81. The van der Waals surface area contributed by atoms with E-state index in [1.807, 2.05) is 17.0 Å². The van der Waals surface area contributed by atoms with Crippen LogP contribution in [0.15, 0.2) is 36.7 Å². The summed E-state index contributed by atoms with van der Waals surface area (Å²) >= 11 is 0. The number of benzene rings is 1. The summed E-state index contributed by atoms with van der Waals surface area (Å²) in [6.07, 6.45) is 5.24. The number of amides is 2. The van der Waals surface area contributed by atoms with Gasteiger partial charge in [0, 0.05) is 37.0 Å². The Hall–Kier alpha value is -2.83. The minimum atomic E-state index is -0.403. The maximum absolute atomic E-state index is 12.8. The highest BCUT2D eigenvalue weighted by Gasteiger charge is 2.28. The monoisotopic (exact) mass is 342 g/mol. The number of nitrogens with two attached hydrogens (primary N) is 1. The SMILES string of the molecule is COc1cccc(C(=O)N2CCCC(c3nccn3CC(N)=O)C2)c1. The molecule has 2 aromatic rings. The summed E-state index contributed by atoms with van der Waals surface area (Å²) in [6.45, 7) is 1.39. The number of nitrogens with zero attached hydrogens (tertiary/aromatic N) is 3. The Morgan fingerprint density at radius 2 is 2.24 bits per heavy atom. The van der Waals surface area contributed by atoms with Crippen LogP contribution in [0.3, 0.4) is 0 Å². The molecule has 1 unspecified atom stereocenters. The molecule has 0 aliphatic carbocycles. The van der Waals surface area contributed by atoms with E-state index in [2.05, 4.69) is 4.98 Å². The third-order valence-corrected chi connectivity index (χ3v) is 4.46. The Balaban J connectivity index is 1.76. The number of primary amides is 1. The second kappa shape index (κ2) is 7.38. The molecule has 132 valence electrons. The normalized spacial score (nSPS) is 17.3. The first-order valence-corrected chi connectivity index (χ1v) is 8.31. The van der Waals surface area contributed by atoms with E-state index >= 15 is 0 Å². The van der Waals surface area contributed by atoms with Gasteiger partial charge in [-0.1, -0.05) is 6.07 Å². The van der Waals surface area contributed by atoms with Gasteiger partial charge in [0.05, 0.1) is 7.11 Å². The van der Waals surface area contributed by atoms with Crippen LogP contribution in [0.4, 0.5) is 0 Å².